The first-order chi connectivity index (χ1) is 12.8. The molecule has 0 aliphatic carbocycles. The summed E-state index contributed by atoms with van der Waals surface area (Å²) in [5.74, 6) is 0. The fourth-order valence-electron chi connectivity index (χ4n) is 3.76. The van der Waals surface area contributed by atoms with Crippen molar-refractivity contribution in [2.75, 3.05) is 0 Å². The molecule has 0 bridgehead atoms. The SMILES string of the molecule is CC[n+]1c2nc3ccccc3nc2n2ccc(C)c(-c3ccccc3)c21. The number of hydrogen-bond donors (Lipinski definition) is 0. The van der Waals surface area contributed by atoms with Gasteiger partial charge < -0.3 is 0 Å². The van der Waals surface area contributed by atoms with Crippen molar-refractivity contribution in [2.45, 2.75) is 20.4 Å². The Balaban J connectivity index is 2.01. The van der Waals surface area contributed by atoms with Gasteiger partial charge in [-0.05, 0) is 43.2 Å². The van der Waals surface area contributed by atoms with Crippen molar-refractivity contribution in [2.24, 2.45) is 0 Å². The van der Waals surface area contributed by atoms with Gasteiger partial charge in [-0.25, -0.2) is 14.0 Å². The van der Waals surface area contributed by atoms with Crippen molar-refractivity contribution >= 4 is 28.0 Å². The average molecular weight is 339 g/mol. The lowest BCUT2D eigenvalue weighted by Crippen LogP contribution is -2.33. The number of fused-ring (bicyclic) bond motifs is 4. The quantitative estimate of drug-likeness (QED) is 0.449. The van der Waals surface area contributed by atoms with Crippen molar-refractivity contribution < 1.29 is 4.57 Å². The zero-order valence-corrected chi connectivity index (χ0v) is 14.8. The molecule has 2 aromatic carbocycles. The van der Waals surface area contributed by atoms with Crippen LogP contribution in [0.15, 0.2) is 66.9 Å². The molecule has 126 valence electrons. The Hall–Kier alpha value is -3.27. The average Bonchev–Trinajstić information content (AvgIpc) is 2.99. The lowest BCUT2D eigenvalue weighted by atomic mass is 10.0. The fourth-order valence-corrected chi connectivity index (χ4v) is 3.76. The van der Waals surface area contributed by atoms with Crippen LogP contribution in [0.25, 0.3) is 39.1 Å². The zero-order valence-electron chi connectivity index (χ0n) is 14.8. The second-order valence-electron chi connectivity index (χ2n) is 6.54. The van der Waals surface area contributed by atoms with Crippen molar-refractivity contribution in [3.63, 3.8) is 0 Å². The van der Waals surface area contributed by atoms with E-state index in [0.29, 0.717) is 0 Å². The summed E-state index contributed by atoms with van der Waals surface area (Å²) in [5, 5.41) is 0. The van der Waals surface area contributed by atoms with E-state index in [0.717, 1.165) is 34.5 Å². The smallest absolute Gasteiger partial charge is 0.225 e. The maximum Gasteiger partial charge on any atom is 0.323 e. The molecule has 0 radical (unpaired) electrons. The highest BCUT2D eigenvalue weighted by molar-refractivity contribution is 5.86. The molecule has 5 rings (SSSR count). The van der Waals surface area contributed by atoms with Crippen LogP contribution in [-0.2, 0) is 6.54 Å². The molecule has 0 aliphatic heterocycles. The summed E-state index contributed by atoms with van der Waals surface area (Å²) in [5.41, 5.74) is 8.51. The van der Waals surface area contributed by atoms with Gasteiger partial charge in [0, 0.05) is 0 Å². The molecule has 0 saturated carbocycles. The minimum Gasteiger partial charge on any atom is -0.225 e. The van der Waals surface area contributed by atoms with Crippen LogP contribution in [0.2, 0.25) is 0 Å². The third-order valence-electron chi connectivity index (χ3n) is 4.97. The number of hydrogen-bond acceptors (Lipinski definition) is 2. The molecule has 0 spiro atoms. The first-order valence-corrected chi connectivity index (χ1v) is 8.93. The van der Waals surface area contributed by atoms with Gasteiger partial charge in [0.15, 0.2) is 5.52 Å². The molecule has 3 heterocycles. The summed E-state index contributed by atoms with van der Waals surface area (Å²) in [4.78, 5) is 9.85. The maximum atomic E-state index is 4.93. The molecular formula is C22H19N4+. The summed E-state index contributed by atoms with van der Waals surface area (Å²) >= 11 is 0. The highest BCUT2D eigenvalue weighted by Gasteiger charge is 2.25. The molecule has 0 aliphatic rings. The molecule has 0 N–H and O–H groups in total. The van der Waals surface area contributed by atoms with E-state index in [1.807, 2.05) is 24.3 Å². The molecule has 0 saturated heterocycles. The molecular weight excluding hydrogens is 320 g/mol. The van der Waals surface area contributed by atoms with E-state index < -0.39 is 0 Å². The van der Waals surface area contributed by atoms with Crippen LogP contribution in [0.3, 0.4) is 0 Å². The van der Waals surface area contributed by atoms with E-state index in [1.165, 1.54) is 16.7 Å². The van der Waals surface area contributed by atoms with Gasteiger partial charge in [-0.2, -0.15) is 0 Å². The van der Waals surface area contributed by atoms with Crippen molar-refractivity contribution in [1.29, 1.82) is 0 Å². The number of imidazole rings is 1. The Morgan fingerprint density at radius 1 is 0.885 bits per heavy atom. The van der Waals surface area contributed by atoms with Crippen molar-refractivity contribution in [3.8, 4) is 11.1 Å². The summed E-state index contributed by atoms with van der Waals surface area (Å²) < 4.78 is 4.44. The van der Waals surface area contributed by atoms with E-state index in [9.17, 15) is 0 Å². The number of pyridine rings is 1. The minimum atomic E-state index is 0.837. The summed E-state index contributed by atoms with van der Waals surface area (Å²) in [6.07, 6.45) is 2.11. The molecule has 3 aromatic heterocycles. The van der Waals surface area contributed by atoms with Crippen LogP contribution in [-0.4, -0.2) is 14.4 Å². The van der Waals surface area contributed by atoms with Crippen molar-refractivity contribution in [1.82, 2.24) is 14.4 Å². The molecule has 26 heavy (non-hydrogen) atoms. The van der Waals surface area contributed by atoms with Crippen LogP contribution in [0.5, 0.6) is 0 Å². The van der Waals surface area contributed by atoms with Crippen LogP contribution in [0.1, 0.15) is 12.5 Å². The Bertz CT molecular complexity index is 1270. The largest absolute Gasteiger partial charge is 0.323 e. The van der Waals surface area contributed by atoms with Gasteiger partial charge in [0.25, 0.3) is 5.65 Å². The fraction of sp³-hybridized carbons (Fsp3) is 0.136. The predicted octanol–water partition coefficient (Wildman–Crippen LogP) is 4.32. The summed E-state index contributed by atoms with van der Waals surface area (Å²) in [6, 6.07) is 20.8. The van der Waals surface area contributed by atoms with Gasteiger partial charge in [-0.15, -0.1) is 0 Å². The second kappa shape index (κ2) is 5.63. The Morgan fingerprint density at radius 2 is 1.58 bits per heavy atom. The molecule has 4 heteroatoms. The standard InChI is InChI=1S/C22H19N4/c1-3-25-20-21(24-18-12-8-7-11-17(18)23-20)26-14-13-15(2)19(22(25)26)16-9-5-4-6-10-16/h4-14H,3H2,1-2H3/q+1. The number of nitrogens with zero attached hydrogens (tertiary/aromatic N) is 4. The number of benzene rings is 2. The Kier molecular flexibility index (Phi) is 3.25. The van der Waals surface area contributed by atoms with Gasteiger partial charge in [0.05, 0.1) is 18.3 Å². The minimum absolute atomic E-state index is 0.837. The van der Waals surface area contributed by atoms with Crippen molar-refractivity contribution in [3.05, 3.63) is 72.4 Å². The predicted molar refractivity (Wildman–Crippen MR) is 104 cm³/mol. The lowest BCUT2D eigenvalue weighted by Gasteiger charge is -2.07. The van der Waals surface area contributed by atoms with Gasteiger partial charge in [-0.1, -0.05) is 47.4 Å². The number of para-hydroxylation sites is 2. The summed E-state index contributed by atoms with van der Waals surface area (Å²) in [6.45, 7) is 5.16. The van der Waals surface area contributed by atoms with E-state index in [-0.39, 0.29) is 0 Å². The maximum absolute atomic E-state index is 4.93. The highest BCUT2D eigenvalue weighted by Crippen LogP contribution is 2.29. The third kappa shape index (κ3) is 2.05. The van der Waals surface area contributed by atoms with Crippen LogP contribution >= 0.6 is 0 Å². The van der Waals surface area contributed by atoms with Gasteiger partial charge in [0.2, 0.25) is 5.65 Å². The van der Waals surface area contributed by atoms with E-state index in [2.05, 4.69) is 65.4 Å². The summed E-state index contributed by atoms with van der Waals surface area (Å²) in [7, 11) is 0. The van der Waals surface area contributed by atoms with Crippen LogP contribution < -0.4 is 4.57 Å². The number of rotatable bonds is 2. The molecule has 4 nitrogen and oxygen atoms in total. The van der Waals surface area contributed by atoms with Crippen LogP contribution in [0.4, 0.5) is 0 Å². The third-order valence-corrected chi connectivity index (χ3v) is 4.97. The van der Waals surface area contributed by atoms with Gasteiger partial charge >= 0.3 is 5.65 Å². The molecule has 0 atom stereocenters. The topological polar surface area (TPSA) is 34.1 Å². The van der Waals surface area contributed by atoms with E-state index >= 15 is 0 Å². The first kappa shape index (κ1) is 15.0. The van der Waals surface area contributed by atoms with E-state index in [1.54, 1.807) is 0 Å². The Morgan fingerprint density at radius 3 is 2.31 bits per heavy atom. The number of aromatic nitrogens is 4. The molecule has 0 amide bonds. The molecule has 5 aromatic rings. The second-order valence-corrected chi connectivity index (χ2v) is 6.54. The highest BCUT2D eigenvalue weighted by atomic mass is 15.2. The number of aryl methyl sites for hydroxylation is 2. The van der Waals surface area contributed by atoms with Crippen LogP contribution in [0, 0.1) is 6.92 Å². The normalized spacial score (nSPS) is 11.6. The molecule has 0 fully saturated rings. The monoisotopic (exact) mass is 339 g/mol. The van der Waals surface area contributed by atoms with E-state index in [4.69, 9.17) is 9.97 Å². The molecule has 0 unspecified atom stereocenters. The zero-order chi connectivity index (χ0) is 17.7. The van der Waals surface area contributed by atoms with Gasteiger partial charge in [-0.3, -0.25) is 0 Å². The first-order valence-electron chi connectivity index (χ1n) is 8.93. The Labute approximate surface area is 151 Å². The van der Waals surface area contributed by atoms with Gasteiger partial charge in [0.1, 0.15) is 5.52 Å². The lowest BCUT2D eigenvalue weighted by molar-refractivity contribution is -0.643.